The largest absolute Gasteiger partial charge is 0.479 e. The predicted octanol–water partition coefficient (Wildman–Crippen LogP) is 1.43. The van der Waals surface area contributed by atoms with Crippen molar-refractivity contribution >= 4 is 12.4 Å². The van der Waals surface area contributed by atoms with E-state index in [1.54, 1.807) is 27.7 Å². The van der Waals surface area contributed by atoms with Crippen molar-refractivity contribution in [3.63, 3.8) is 0 Å². The van der Waals surface area contributed by atoms with Gasteiger partial charge in [-0.25, -0.2) is 9.86 Å². The Labute approximate surface area is 90.0 Å². The van der Waals surface area contributed by atoms with Crippen LogP contribution in [0.1, 0.15) is 41.0 Å². The summed E-state index contributed by atoms with van der Waals surface area (Å²) in [5.74, 6) is -1.08. The summed E-state index contributed by atoms with van der Waals surface area (Å²) >= 11 is 0. The molecule has 5 nitrogen and oxygen atoms in total. The monoisotopic (exact) mass is 217 g/mol. The maximum atomic E-state index is 11.1. The summed E-state index contributed by atoms with van der Waals surface area (Å²) < 4.78 is 0. The highest BCUT2D eigenvalue weighted by Crippen LogP contribution is 2.22. The fourth-order valence-electron chi connectivity index (χ4n) is 0.935. The second kappa shape index (κ2) is 4.61. The van der Waals surface area contributed by atoms with Crippen molar-refractivity contribution in [1.29, 1.82) is 0 Å². The van der Waals surface area contributed by atoms with Crippen LogP contribution in [0.4, 0.5) is 0 Å². The lowest BCUT2D eigenvalue weighted by molar-refractivity contribution is -0.254. The SMILES string of the molecule is CC[C@@](C)(C(=O)O)N(C=O)OC(C)(C)C. The van der Waals surface area contributed by atoms with Crippen molar-refractivity contribution < 1.29 is 19.5 Å². The van der Waals surface area contributed by atoms with Gasteiger partial charge in [-0.3, -0.25) is 9.63 Å². The molecule has 0 bridgehead atoms. The topological polar surface area (TPSA) is 66.8 Å². The van der Waals surface area contributed by atoms with Gasteiger partial charge in [-0.2, -0.15) is 0 Å². The van der Waals surface area contributed by atoms with E-state index in [2.05, 4.69) is 0 Å². The van der Waals surface area contributed by atoms with Gasteiger partial charge in [0.25, 0.3) is 0 Å². The van der Waals surface area contributed by atoms with Gasteiger partial charge in [0.1, 0.15) is 0 Å². The average Bonchev–Trinajstić information content (AvgIpc) is 2.11. The molecule has 0 aliphatic rings. The Balaban J connectivity index is 4.93. The van der Waals surface area contributed by atoms with Crippen LogP contribution >= 0.6 is 0 Å². The van der Waals surface area contributed by atoms with Crippen molar-refractivity contribution in [2.75, 3.05) is 0 Å². The number of hydrogen-bond donors (Lipinski definition) is 1. The molecule has 0 rings (SSSR count). The molecule has 1 atom stereocenters. The zero-order chi connectivity index (χ0) is 12.3. The van der Waals surface area contributed by atoms with E-state index in [-0.39, 0.29) is 6.42 Å². The second-order valence-corrected chi connectivity index (χ2v) is 4.57. The molecular formula is C10H19NO4. The highest BCUT2D eigenvalue weighted by Gasteiger charge is 2.40. The maximum Gasteiger partial charge on any atom is 0.331 e. The molecule has 1 amide bonds. The van der Waals surface area contributed by atoms with E-state index in [0.717, 1.165) is 5.06 Å². The number of hydroxylamine groups is 2. The molecule has 0 aliphatic heterocycles. The molecular weight excluding hydrogens is 198 g/mol. The van der Waals surface area contributed by atoms with E-state index >= 15 is 0 Å². The molecule has 0 aromatic heterocycles. The summed E-state index contributed by atoms with van der Waals surface area (Å²) in [4.78, 5) is 27.2. The molecule has 0 saturated carbocycles. The lowest BCUT2D eigenvalue weighted by atomic mass is 9.99. The van der Waals surface area contributed by atoms with E-state index < -0.39 is 17.1 Å². The summed E-state index contributed by atoms with van der Waals surface area (Å²) in [6.07, 6.45) is 0.681. The Hall–Kier alpha value is -1.10. The van der Waals surface area contributed by atoms with Crippen molar-refractivity contribution in [3.05, 3.63) is 0 Å². The van der Waals surface area contributed by atoms with Gasteiger partial charge in [0, 0.05) is 0 Å². The Bertz CT molecular complexity index is 246. The van der Waals surface area contributed by atoms with Gasteiger partial charge in [-0.15, -0.1) is 0 Å². The van der Waals surface area contributed by atoms with E-state index in [1.165, 1.54) is 6.92 Å². The van der Waals surface area contributed by atoms with Gasteiger partial charge in [0.2, 0.25) is 6.41 Å². The van der Waals surface area contributed by atoms with Gasteiger partial charge >= 0.3 is 5.97 Å². The molecule has 0 radical (unpaired) electrons. The standard InChI is InChI=1S/C10H19NO4/c1-6-10(5,8(13)14)11(7-12)15-9(2,3)4/h7H,6H2,1-5H3,(H,13,14)/t10-/m0/s1. The zero-order valence-electron chi connectivity index (χ0n) is 9.90. The van der Waals surface area contributed by atoms with Gasteiger partial charge < -0.3 is 5.11 Å². The number of carboxylic acid groups (broad SMARTS) is 1. The third kappa shape index (κ3) is 3.51. The molecule has 0 unspecified atom stereocenters. The first kappa shape index (κ1) is 13.9. The van der Waals surface area contributed by atoms with Crippen molar-refractivity contribution in [2.45, 2.75) is 52.2 Å². The summed E-state index contributed by atoms with van der Waals surface area (Å²) in [6, 6.07) is 0. The van der Waals surface area contributed by atoms with E-state index in [1.807, 2.05) is 0 Å². The Kier molecular flexibility index (Phi) is 4.27. The number of hydrogen-bond acceptors (Lipinski definition) is 3. The van der Waals surface area contributed by atoms with Crippen LogP contribution in [0.3, 0.4) is 0 Å². The van der Waals surface area contributed by atoms with Crippen LogP contribution in [0.2, 0.25) is 0 Å². The van der Waals surface area contributed by atoms with Crippen LogP contribution in [0.15, 0.2) is 0 Å². The third-order valence-electron chi connectivity index (χ3n) is 2.10. The van der Waals surface area contributed by atoms with Gasteiger partial charge in [0.15, 0.2) is 5.54 Å². The number of aliphatic carboxylic acids is 1. The predicted molar refractivity (Wildman–Crippen MR) is 55.1 cm³/mol. The number of amides is 1. The van der Waals surface area contributed by atoms with Crippen LogP contribution in [0.25, 0.3) is 0 Å². The molecule has 0 heterocycles. The molecule has 5 heteroatoms. The van der Waals surface area contributed by atoms with E-state index in [0.29, 0.717) is 6.41 Å². The van der Waals surface area contributed by atoms with Crippen molar-refractivity contribution in [3.8, 4) is 0 Å². The Morgan fingerprint density at radius 3 is 2.07 bits per heavy atom. The van der Waals surface area contributed by atoms with E-state index in [9.17, 15) is 9.59 Å². The molecule has 88 valence electrons. The van der Waals surface area contributed by atoms with Crippen LogP contribution in [-0.2, 0) is 14.4 Å². The number of carboxylic acids is 1. The van der Waals surface area contributed by atoms with Gasteiger partial charge in [0.05, 0.1) is 5.60 Å². The number of nitrogens with zero attached hydrogens (tertiary/aromatic N) is 1. The molecule has 0 aliphatic carbocycles. The average molecular weight is 217 g/mol. The number of carbonyl (C=O) groups is 2. The van der Waals surface area contributed by atoms with Crippen LogP contribution in [0.5, 0.6) is 0 Å². The fraction of sp³-hybridized carbons (Fsp3) is 0.800. The number of rotatable bonds is 5. The van der Waals surface area contributed by atoms with Crippen LogP contribution < -0.4 is 0 Å². The van der Waals surface area contributed by atoms with Crippen LogP contribution in [0, 0.1) is 0 Å². The molecule has 0 saturated heterocycles. The molecule has 0 fully saturated rings. The first-order valence-electron chi connectivity index (χ1n) is 4.84. The zero-order valence-corrected chi connectivity index (χ0v) is 9.90. The minimum Gasteiger partial charge on any atom is -0.479 e. The second-order valence-electron chi connectivity index (χ2n) is 4.57. The highest BCUT2D eigenvalue weighted by atomic mass is 16.7. The smallest absolute Gasteiger partial charge is 0.331 e. The van der Waals surface area contributed by atoms with Crippen molar-refractivity contribution in [1.82, 2.24) is 5.06 Å². The first-order valence-corrected chi connectivity index (χ1v) is 4.84. The van der Waals surface area contributed by atoms with Gasteiger partial charge in [-0.1, -0.05) is 6.92 Å². The number of carbonyl (C=O) groups excluding carboxylic acids is 1. The minimum absolute atomic E-state index is 0.275. The van der Waals surface area contributed by atoms with E-state index in [4.69, 9.17) is 9.94 Å². The highest BCUT2D eigenvalue weighted by molar-refractivity contribution is 5.80. The van der Waals surface area contributed by atoms with Gasteiger partial charge in [-0.05, 0) is 34.1 Å². The van der Waals surface area contributed by atoms with Crippen LogP contribution in [-0.4, -0.2) is 33.7 Å². The minimum atomic E-state index is -1.32. The first-order chi connectivity index (χ1) is 6.67. The summed E-state index contributed by atoms with van der Waals surface area (Å²) in [6.45, 7) is 8.40. The summed E-state index contributed by atoms with van der Waals surface area (Å²) in [7, 11) is 0. The third-order valence-corrected chi connectivity index (χ3v) is 2.10. The molecule has 0 spiro atoms. The molecule has 0 aromatic carbocycles. The fourth-order valence-corrected chi connectivity index (χ4v) is 0.935. The molecule has 1 N–H and O–H groups in total. The Morgan fingerprint density at radius 1 is 1.40 bits per heavy atom. The maximum absolute atomic E-state index is 11.1. The summed E-state index contributed by atoms with van der Waals surface area (Å²) in [5, 5.41) is 9.92. The summed E-state index contributed by atoms with van der Waals surface area (Å²) in [5.41, 5.74) is -1.93. The Morgan fingerprint density at radius 2 is 1.87 bits per heavy atom. The lowest BCUT2D eigenvalue weighted by Crippen LogP contribution is -2.53. The molecule has 15 heavy (non-hydrogen) atoms. The quantitative estimate of drug-likeness (QED) is 0.558. The normalized spacial score (nSPS) is 15.5. The van der Waals surface area contributed by atoms with Crippen molar-refractivity contribution in [2.24, 2.45) is 0 Å². The lowest BCUT2D eigenvalue weighted by Gasteiger charge is -2.37. The molecule has 0 aromatic rings.